The van der Waals surface area contributed by atoms with Crippen molar-refractivity contribution >= 4 is 5.97 Å². The van der Waals surface area contributed by atoms with E-state index >= 15 is 0 Å². The fourth-order valence-electron chi connectivity index (χ4n) is 1.49. The summed E-state index contributed by atoms with van der Waals surface area (Å²) >= 11 is 0. The maximum absolute atomic E-state index is 12.1. The van der Waals surface area contributed by atoms with Crippen LogP contribution in [0.25, 0.3) is 0 Å². The Kier molecular flexibility index (Phi) is 7.99. The summed E-state index contributed by atoms with van der Waals surface area (Å²) in [4.78, 5) is 12.9. The molecule has 6 heteroatoms. The van der Waals surface area contributed by atoms with E-state index in [0.717, 1.165) is 0 Å². The lowest BCUT2D eigenvalue weighted by Gasteiger charge is -2.22. The van der Waals surface area contributed by atoms with Crippen LogP contribution in [0.2, 0.25) is 0 Å². The number of ether oxygens (including phenoxy) is 1. The van der Waals surface area contributed by atoms with Crippen LogP contribution < -0.4 is 5.32 Å². The topological polar surface area (TPSA) is 41.6 Å². The number of carbonyl (C=O) groups excluding carboxylic acids is 1. The molecule has 0 aliphatic heterocycles. The van der Waals surface area contributed by atoms with Crippen molar-refractivity contribution in [1.29, 1.82) is 0 Å². The molecule has 0 radical (unpaired) electrons. The minimum absolute atomic E-state index is 0.138. The summed E-state index contributed by atoms with van der Waals surface area (Å²) in [5, 5.41) is 3.05. The highest BCUT2D eigenvalue weighted by molar-refractivity contribution is 5.75. The van der Waals surface area contributed by atoms with Gasteiger partial charge in [-0.25, -0.2) is 8.78 Å². The van der Waals surface area contributed by atoms with E-state index in [9.17, 15) is 13.6 Å². The largest absolute Gasteiger partial charge is 0.468 e. The molecule has 0 heterocycles. The van der Waals surface area contributed by atoms with Crippen molar-refractivity contribution in [2.75, 3.05) is 27.2 Å². The number of nitrogens with one attached hydrogen (secondary N) is 1. The fraction of sp³-hybridized carbons (Fsp3) is 0.909. The van der Waals surface area contributed by atoms with Gasteiger partial charge in [0.1, 0.15) is 6.04 Å². The SMILES string of the molecule is COC(=O)C(CCN(C)CC(F)F)NC(C)C. The predicted molar refractivity (Wildman–Crippen MR) is 62.2 cm³/mol. The molecule has 0 amide bonds. The number of carbonyl (C=O) groups is 1. The van der Waals surface area contributed by atoms with E-state index < -0.39 is 12.5 Å². The van der Waals surface area contributed by atoms with Crippen LogP contribution in [0.1, 0.15) is 20.3 Å². The van der Waals surface area contributed by atoms with Gasteiger partial charge in [-0.1, -0.05) is 13.8 Å². The van der Waals surface area contributed by atoms with Gasteiger partial charge in [-0.05, 0) is 13.5 Å². The molecule has 0 aliphatic carbocycles. The van der Waals surface area contributed by atoms with Gasteiger partial charge in [-0.2, -0.15) is 0 Å². The van der Waals surface area contributed by atoms with Crippen LogP contribution >= 0.6 is 0 Å². The minimum Gasteiger partial charge on any atom is -0.468 e. The van der Waals surface area contributed by atoms with Crippen LogP contribution in [0.15, 0.2) is 0 Å². The van der Waals surface area contributed by atoms with Gasteiger partial charge < -0.3 is 15.0 Å². The molecular formula is C11H22F2N2O2. The van der Waals surface area contributed by atoms with Gasteiger partial charge in [-0.15, -0.1) is 0 Å². The second kappa shape index (κ2) is 8.36. The Morgan fingerprint density at radius 1 is 1.41 bits per heavy atom. The zero-order chi connectivity index (χ0) is 13.4. The van der Waals surface area contributed by atoms with Crippen LogP contribution in [-0.4, -0.2) is 56.6 Å². The monoisotopic (exact) mass is 252 g/mol. The molecule has 102 valence electrons. The van der Waals surface area contributed by atoms with Gasteiger partial charge in [-0.3, -0.25) is 4.79 Å². The number of nitrogens with zero attached hydrogens (tertiary/aromatic N) is 1. The van der Waals surface area contributed by atoms with Crippen LogP contribution in [0.4, 0.5) is 8.78 Å². The molecule has 17 heavy (non-hydrogen) atoms. The Morgan fingerprint density at radius 2 is 2.00 bits per heavy atom. The molecule has 1 atom stereocenters. The standard InChI is InChI=1S/C11H22F2N2O2/c1-8(2)14-9(11(16)17-4)5-6-15(3)7-10(12)13/h8-10,14H,5-7H2,1-4H3. The highest BCUT2D eigenvalue weighted by Crippen LogP contribution is 2.02. The van der Waals surface area contributed by atoms with Gasteiger partial charge in [0.05, 0.1) is 13.7 Å². The van der Waals surface area contributed by atoms with E-state index in [0.29, 0.717) is 13.0 Å². The lowest BCUT2D eigenvalue weighted by molar-refractivity contribution is -0.143. The first-order valence-electron chi connectivity index (χ1n) is 5.67. The Bertz CT molecular complexity index is 226. The van der Waals surface area contributed by atoms with Crippen molar-refractivity contribution in [3.63, 3.8) is 0 Å². The molecule has 1 unspecified atom stereocenters. The number of halogens is 2. The zero-order valence-electron chi connectivity index (χ0n) is 10.9. The van der Waals surface area contributed by atoms with Gasteiger partial charge in [0.25, 0.3) is 6.43 Å². The second-order valence-corrected chi connectivity index (χ2v) is 4.34. The molecule has 0 saturated heterocycles. The van der Waals surface area contributed by atoms with Gasteiger partial charge in [0.2, 0.25) is 0 Å². The Hall–Kier alpha value is -0.750. The second-order valence-electron chi connectivity index (χ2n) is 4.34. The molecule has 1 N–H and O–H groups in total. The van der Waals surface area contributed by atoms with E-state index in [-0.39, 0.29) is 18.6 Å². The number of hydrogen-bond donors (Lipinski definition) is 1. The number of esters is 1. The van der Waals surface area contributed by atoms with E-state index in [1.165, 1.54) is 12.0 Å². The third kappa shape index (κ3) is 8.04. The molecule has 0 spiro atoms. The van der Waals surface area contributed by atoms with Gasteiger partial charge >= 0.3 is 5.97 Å². The van der Waals surface area contributed by atoms with Crippen LogP contribution in [-0.2, 0) is 9.53 Å². The van der Waals surface area contributed by atoms with E-state index in [4.69, 9.17) is 0 Å². The molecule has 0 aromatic carbocycles. The summed E-state index contributed by atoms with van der Waals surface area (Å²) in [7, 11) is 2.93. The minimum atomic E-state index is -2.35. The van der Waals surface area contributed by atoms with Crippen molar-refractivity contribution in [2.24, 2.45) is 0 Å². The molecule has 0 aromatic heterocycles. The first-order valence-corrected chi connectivity index (χ1v) is 5.67. The first-order chi connectivity index (χ1) is 7.86. The highest BCUT2D eigenvalue weighted by Gasteiger charge is 2.20. The van der Waals surface area contributed by atoms with Crippen molar-refractivity contribution in [2.45, 2.75) is 38.8 Å². The normalized spacial score (nSPS) is 13.5. The average molecular weight is 252 g/mol. The zero-order valence-corrected chi connectivity index (χ0v) is 10.9. The lowest BCUT2D eigenvalue weighted by atomic mass is 10.1. The van der Waals surface area contributed by atoms with Crippen LogP contribution in [0.5, 0.6) is 0 Å². The van der Waals surface area contributed by atoms with Crippen molar-refractivity contribution in [1.82, 2.24) is 10.2 Å². The predicted octanol–water partition coefficient (Wildman–Crippen LogP) is 1.11. The van der Waals surface area contributed by atoms with Crippen molar-refractivity contribution in [3.05, 3.63) is 0 Å². The third-order valence-electron chi connectivity index (χ3n) is 2.27. The molecule has 4 nitrogen and oxygen atoms in total. The summed E-state index contributed by atoms with van der Waals surface area (Å²) in [6, 6.07) is -0.306. The summed E-state index contributed by atoms with van der Waals surface area (Å²) in [5.41, 5.74) is 0. The van der Waals surface area contributed by atoms with Crippen molar-refractivity contribution < 1.29 is 18.3 Å². The molecule has 0 bridgehead atoms. The summed E-state index contributed by atoms with van der Waals surface area (Å²) in [6.07, 6.45) is -1.90. The van der Waals surface area contributed by atoms with Gasteiger partial charge in [0.15, 0.2) is 0 Å². The van der Waals surface area contributed by atoms with Crippen molar-refractivity contribution in [3.8, 4) is 0 Å². The highest BCUT2D eigenvalue weighted by atomic mass is 19.3. The van der Waals surface area contributed by atoms with Crippen LogP contribution in [0, 0.1) is 0 Å². The molecular weight excluding hydrogens is 230 g/mol. The first kappa shape index (κ1) is 16.2. The maximum atomic E-state index is 12.1. The van der Waals surface area contributed by atoms with Gasteiger partial charge in [0, 0.05) is 12.6 Å². The smallest absolute Gasteiger partial charge is 0.322 e. The molecule has 0 rings (SSSR count). The molecule has 0 saturated carbocycles. The Morgan fingerprint density at radius 3 is 2.41 bits per heavy atom. The molecule has 0 fully saturated rings. The van der Waals surface area contributed by atoms with Crippen LogP contribution in [0.3, 0.4) is 0 Å². The maximum Gasteiger partial charge on any atom is 0.322 e. The Labute approximate surface area is 101 Å². The number of hydrogen-bond acceptors (Lipinski definition) is 4. The quantitative estimate of drug-likeness (QED) is 0.657. The summed E-state index contributed by atoms with van der Waals surface area (Å²) in [5.74, 6) is -0.357. The molecule has 0 aromatic rings. The lowest BCUT2D eigenvalue weighted by Crippen LogP contribution is -2.43. The molecule has 0 aliphatic rings. The fourth-order valence-corrected chi connectivity index (χ4v) is 1.49. The Balaban J connectivity index is 4.11. The summed E-state index contributed by atoms with van der Waals surface area (Å²) < 4.78 is 28.8. The summed E-state index contributed by atoms with van der Waals surface area (Å²) in [6.45, 7) is 3.97. The third-order valence-corrected chi connectivity index (χ3v) is 2.27. The van der Waals surface area contributed by atoms with E-state index in [1.807, 2.05) is 13.8 Å². The van der Waals surface area contributed by atoms with E-state index in [2.05, 4.69) is 10.1 Å². The van der Waals surface area contributed by atoms with E-state index in [1.54, 1.807) is 7.05 Å². The number of alkyl halides is 2. The number of methoxy groups -OCH3 is 1. The average Bonchev–Trinajstić information content (AvgIpc) is 2.21. The number of rotatable bonds is 8.